The highest BCUT2D eigenvalue weighted by molar-refractivity contribution is 5.90. The van der Waals surface area contributed by atoms with Crippen LogP contribution in [0.15, 0.2) is 30.3 Å². The number of hydrogen-bond donors (Lipinski definition) is 0. The third-order valence-electron chi connectivity index (χ3n) is 1.67. The van der Waals surface area contributed by atoms with E-state index in [1.165, 1.54) is 13.0 Å². The van der Waals surface area contributed by atoms with Gasteiger partial charge >= 0.3 is 0 Å². The molecular weight excluding hydrogens is 226 g/mol. The summed E-state index contributed by atoms with van der Waals surface area (Å²) < 4.78 is 9.92. The number of ether oxygens (including phenoxy) is 2. The van der Waals surface area contributed by atoms with Crippen LogP contribution in [0.4, 0.5) is 0 Å². The molecule has 0 aromatic heterocycles. The summed E-state index contributed by atoms with van der Waals surface area (Å²) in [5, 5.41) is 0. The third kappa shape index (κ3) is 6.32. The van der Waals surface area contributed by atoms with Crippen LogP contribution < -0.4 is 0 Å². The van der Waals surface area contributed by atoms with Crippen molar-refractivity contribution in [2.45, 2.75) is 12.8 Å². The van der Waals surface area contributed by atoms with Gasteiger partial charge in [-0.05, 0) is 12.2 Å². The molecule has 0 aliphatic rings. The summed E-state index contributed by atoms with van der Waals surface area (Å²) in [6.45, 7) is 7.05. The SMILES string of the molecule is C=CC(=O)COC(C)(N=C=O)OCC(=O)C=C. The summed E-state index contributed by atoms with van der Waals surface area (Å²) >= 11 is 0. The second-order valence-corrected chi connectivity index (χ2v) is 3.02. The molecule has 0 radical (unpaired) electrons. The molecular formula is C11H13NO5. The summed E-state index contributed by atoms with van der Waals surface area (Å²) in [5.41, 5.74) is 0. The Hall–Kier alpha value is -1.88. The number of nitrogens with zero attached hydrogens (tertiary/aromatic N) is 1. The fourth-order valence-electron chi connectivity index (χ4n) is 0.717. The second kappa shape index (κ2) is 7.40. The van der Waals surface area contributed by atoms with E-state index in [0.717, 1.165) is 12.2 Å². The average molecular weight is 239 g/mol. The van der Waals surface area contributed by atoms with Gasteiger partial charge in [0, 0.05) is 6.92 Å². The Morgan fingerprint density at radius 3 is 1.94 bits per heavy atom. The molecule has 0 aliphatic heterocycles. The van der Waals surface area contributed by atoms with E-state index in [4.69, 9.17) is 9.47 Å². The van der Waals surface area contributed by atoms with Crippen LogP contribution in [-0.2, 0) is 23.9 Å². The van der Waals surface area contributed by atoms with Crippen molar-refractivity contribution < 1.29 is 23.9 Å². The predicted octanol–water partition coefficient (Wildman–Crippen LogP) is 0.539. The van der Waals surface area contributed by atoms with E-state index >= 15 is 0 Å². The molecule has 0 aromatic rings. The molecule has 0 rings (SSSR count). The van der Waals surface area contributed by atoms with Crippen LogP contribution in [0.1, 0.15) is 6.92 Å². The lowest BCUT2D eigenvalue weighted by atomic mass is 10.4. The number of aliphatic imine (C=N–C) groups is 1. The summed E-state index contributed by atoms with van der Waals surface area (Å²) in [6.07, 6.45) is 3.35. The number of isocyanates is 1. The van der Waals surface area contributed by atoms with Crippen molar-refractivity contribution >= 4 is 17.6 Å². The highest BCUT2D eigenvalue weighted by atomic mass is 16.7. The van der Waals surface area contributed by atoms with Gasteiger partial charge in [-0.3, -0.25) is 9.59 Å². The Balaban J connectivity index is 4.49. The minimum Gasteiger partial charge on any atom is -0.323 e. The molecule has 0 N–H and O–H groups in total. The zero-order valence-corrected chi connectivity index (χ0v) is 9.47. The summed E-state index contributed by atoms with van der Waals surface area (Å²) in [6, 6.07) is 0. The van der Waals surface area contributed by atoms with Crippen molar-refractivity contribution in [3.8, 4) is 0 Å². The van der Waals surface area contributed by atoms with Gasteiger partial charge < -0.3 is 9.47 Å². The standard InChI is InChI=1S/C11H13NO5/c1-4-9(14)6-16-11(3,12-8-13)17-7-10(15)5-2/h4-5H,1-2,6-7H2,3H3. The van der Waals surface area contributed by atoms with Crippen molar-refractivity contribution in [1.29, 1.82) is 0 Å². The molecule has 6 nitrogen and oxygen atoms in total. The van der Waals surface area contributed by atoms with Gasteiger partial charge in [0.2, 0.25) is 6.08 Å². The molecule has 0 amide bonds. The van der Waals surface area contributed by atoms with Gasteiger partial charge in [0.05, 0.1) is 0 Å². The van der Waals surface area contributed by atoms with Gasteiger partial charge in [-0.15, -0.1) is 4.99 Å². The normalized spacial score (nSPS) is 10.2. The molecule has 0 heterocycles. The number of rotatable bonds is 9. The van der Waals surface area contributed by atoms with Crippen molar-refractivity contribution in [2.75, 3.05) is 13.2 Å². The predicted molar refractivity (Wildman–Crippen MR) is 58.8 cm³/mol. The minimum atomic E-state index is -1.72. The number of carbonyl (C=O) groups excluding carboxylic acids is 3. The van der Waals surface area contributed by atoms with Crippen LogP contribution in [0.2, 0.25) is 0 Å². The first-order valence-electron chi connectivity index (χ1n) is 4.65. The van der Waals surface area contributed by atoms with Gasteiger partial charge in [0.15, 0.2) is 11.6 Å². The van der Waals surface area contributed by atoms with E-state index in [9.17, 15) is 14.4 Å². The maximum absolute atomic E-state index is 10.9. The zero-order chi connectivity index (χ0) is 13.3. The van der Waals surface area contributed by atoms with Gasteiger partial charge in [-0.2, -0.15) is 0 Å². The largest absolute Gasteiger partial charge is 0.323 e. The molecule has 0 fully saturated rings. The number of carbonyl (C=O) groups is 2. The van der Waals surface area contributed by atoms with Crippen molar-refractivity contribution in [1.82, 2.24) is 0 Å². The first-order valence-corrected chi connectivity index (χ1v) is 4.65. The van der Waals surface area contributed by atoms with E-state index < -0.39 is 17.5 Å². The molecule has 0 bridgehead atoms. The molecule has 92 valence electrons. The molecule has 6 heteroatoms. The Kier molecular flexibility index (Phi) is 6.58. The van der Waals surface area contributed by atoms with Gasteiger partial charge in [0.1, 0.15) is 13.2 Å². The molecule has 0 aliphatic carbocycles. The summed E-state index contributed by atoms with van der Waals surface area (Å²) in [4.78, 5) is 35.3. The molecule has 0 unspecified atom stereocenters. The topological polar surface area (TPSA) is 82.0 Å². The fourth-order valence-corrected chi connectivity index (χ4v) is 0.717. The maximum atomic E-state index is 10.9. The maximum Gasteiger partial charge on any atom is 0.278 e. The minimum absolute atomic E-state index is 0.368. The fraction of sp³-hybridized carbons (Fsp3) is 0.364. The van der Waals surface area contributed by atoms with Crippen LogP contribution in [0.5, 0.6) is 0 Å². The lowest BCUT2D eigenvalue weighted by Gasteiger charge is -2.22. The Morgan fingerprint density at radius 2 is 1.65 bits per heavy atom. The van der Waals surface area contributed by atoms with Crippen molar-refractivity contribution in [2.24, 2.45) is 4.99 Å². The number of hydrogen-bond acceptors (Lipinski definition) is 6. The second-order valence-electron chi connectivity index (χ2n) is 3.02. The van der Waals surface area contributed by atoms with Gasteiger partial charge in [0.25, 0.3) is 5.91 Å². The first-order chi connectivity index (χ1) is 7.97. The van der Waals surface area contributed by atoms with Gasteiger partial charge in [-0.25, -0.2) is 4.79 Å². The van der Waals surface area contributed by atoms with Crippen molar-refractivity contribution in [3.05, 3.63) is 25.3 Å². The lowest BCUT2D eigenvalue weighted by molar-refractivity contribution is -0.215. The monoisotopic (exact) mass is 239 g/mol. The van der Waals surface area contributed by atoms with E-state index in [-0.39, 0.29) is 13.2 Å². The van der Waals surface area contributed by atoms with Crippen LogP contribution in [-0.4, -0.2) is 36.8 Å². The molecule has 0 saturated heterocycles. The summed E-state index contributed by atoms with van der Waals surface area (Å²) in [5.74, 6) is -2.54. The highest BCUT2D eigenvalue weighted by Gasteiger charge is 2.26. The molecule has 0 atom stereocenters. The van der Waals surface area contributed by atoms with E-state index in [0.29, 0.717) is 0 Å². The van der Waals surface area contributed by atoms with Crippen LogP contribution >= 0.6 is 0 Å². The van der Waals surface area contributed by atoms with E-state index in [2.05, 4.69) is 18.2 Å². The lowest BCUT2D eigenvalue weighted by Crippen LogP contribution is -2.33. The first kappa shape index (κ1) is 15.1. The van der Waals surface area contributed by atoms with Crippen LogP contribution in [0.3, 0.4) is 0 Å². The summed E-state index contributed by atoms with van der Waals surface area (Å²) in [7, 11) is 0. The van der Waals surface area contributed by atoms with Crippen LogP contribution in [0.25, 0.3) is 0 Å². The van der Waals surface area contributed by atoms with E-state index in [1.54, 1.807) is 0 Å². The third-order valence-corrected chi connectivity index (χ3v) is 1.67. The smallest absolute Gasteiger partial charge is 0.278 e. The Morgan fingerprint density at radius 1 is 1.24 bits per heavy atom. The van der Waals surface area contributed by atoms with Gasteiger partial charge in [-0.1, -0.05) is 13.2 Å². The zero-order valence-electron chi connectivity index (χ0n) is 9.47. The Bertz CT molecular complexity index is 344. The van der Waals surface area contributed by atoms with Crippen molar-refractivity contribution in [3.63, 3.8) is 0 Å². The Labute approximate surface area is 98.6 Å². The highest BCUT2D eigenvalue weighted by Crippen LogP contribution is 2.13. The van der Waals surface area contributed by atoms with Crippen LogP contribution in [0, 0.1) is 0 Å². The van der Waals surface area contributed by atoms with E-state index in [1.807, 2.05) is 0 Å². The molecule has 0 spiro atoms. The molecule has 0 aromatic carbocycles. The number of ketones is 2. The quantitative estimate of drug-likeness (QED) is 0.254. The average Bonchev–Trinajstić information content (AvgIpc) is 2.33. The molecule has 17 heavy (non-hydrogen) atoms. The molecule has 0 saturated carbocycles.